The zero-order valence-corrected chi connectivity index (χ0v) is 9.42. The number of carbonyl (C=O) groups excluding carboxylic acids is 1. The summed E-state index contributed by atoms with van der Waals surface area (Å²) in [5.41, 5.74) is 0.656. The summed E-state index contributed by atoms with van der Waals surface area (Å²) in [5.74, 6) is 0.710. The lowest BCUT2D eigenvalue weighted by molar-refractivity contribution is 0.104. The van der Waals surface area contributed by atoms with Crippen LogP contribution in [0, 0.1) is 10.4 Å². The van der Waals surface area contributed by atoms with Crippen molar-refractivity contribution in [1.82, 2.24) is 4.98 Å². The van der Waals surface area contributed by atoms with Crippen molar-refractivity contribution in [2.24, 2.45) is 4.99 Å². The van der Waals surface area contributed by atoms with Gasteiger partial charge in [0, 0.05) is 16.0 Å². The third-order valence-electron chi connectivity index (χ3n) is 3.22. The molecule has 2 aliphatic rings. The lowest BCUT2D eigenvalue weighted by Crippen LogP contribution is -2.19. The number of nitrogens with zero attached hydrogens (tertiary/aromatic N) is 2. The SMILES string of the molecule is O=C1C=CC=c2nc3c(cc21)=c1ccccc1=N3. The van der Waals surface area contributed by atoms with Gasteiger partial charge >= 0.3 is 0 Å². The third kappa shape index (κ3) is 1.16. The number of aromatic nitrogens is 1. The van der Waals surface area contributed by atoms with Gasteiger partial charge in [-0.15, -0.1) is 0 Å². The van der Waals surface area contributed by atoms with Gasteiger partial charge in [-0.1, -0.05) is 24.3 Å². The van der Waals surface area contributed by atoms with E-state index in [1.807, 2.05) is 36.4 Å². The normalized spacial score (nSPS) is 14.3. The summed E-state index contributed by atoms with van der Waals surface area (Å²) in [4.78, 5) is 20.8. The van der Waals surface area contributed by atoms with E-state index < -0.39 is 0 Å². The predicted octanol–water partition coefficient (Wildman–Crippen LogP) is 1.17. The van der Waals surface area contributed by atoms with Crippen LogP contribution < -0.4 is 10.7 Å². The van der Waals surface area contributed by atoms with Crippen LogP contribution in [-0.2, 0) is 0 Å². The fraction of sp³-hybridized carbons (Fsp3) is 0. The molecule has 1 aromatic heterocycles. The van der Waals surface area contributed by atoms with Crippen molar-refractivity contribution in [2.75, 3.05) is 0 Å². The Bertz CT molecular complexity index is 939. The van der Waals surface area contributed by atoms with Gasteiger partial charge in [0.1, 0.15) is 0 Å². The van der Waals surface area contributed by atoms with Crippen LogP contribution in [0.5, 0.6) is 0 Å². The van der Waals surface area contributed by atoms with Crippen LogP contribution in [0.1, 0.15) is 10.4 Å². The number of hydrogen-bond donors (Lipinski definition) is 0. The van der Waals surface area contributed by atoms with E-state index in [4.69, 9.17) is 0 Å². The molecule has 1 aromatic carbocycles. The molecule has 1 aliphatic heterocycles. The molecule has 3 heteroatoms. The Kier molecular flexibility index (Phi) is 1.70. The highest BCUT2D eigenvalue weighted by atomic mass is 16.1. The molecular formula is C15H8N2O. The molecule has 0 saturated carbocycles. The summed E-state index contributed by atoms with van der Waals surface area (Å²) in [6.45, 7) is 0. The Morgan fingerprint density at radius 2 is 1.94 bits per heavy atom. The monoisotopic (exact) mass is 232 g/mol. The first-order chi connectivity index (χ1) is 8.83. The maximum atomic E-state index is 11.8. The standard InChI is InChI=1S/C15H8N2O/c18-14-7-3-6-13-11(14)8-10-9-4-1-2-5-12(9)16-15(10)17-13/h1-8H. The van der Waals surface area contributed by atoms with Crippen molar-refractivity contribution < 1.29 is 4.79 Å². The number of hydrogen-bond acceptors (Lipinski definition) is 3. The van der Waals surface area contributed by atoms with E-state index in [1.165, 1.54) is 0 Å². The van der Waals surface area contributed by atoms with Crippen LogP contribution in [0.15, 0.2) is 47.5 Å². The molecule has 0 bridgehead atoms. The van der Waals surface area contributed by atoms with E-state index in [-0.39, 0.29) is 5.78 Å². The maximum absolute atomic E-state index is 11.8. The molecule has 0 N–H and O–H groups in total. The lowest BCUT2D eigenvalue weighted by atomic mass is 10.1. The van der Waals surface area contributed by atoms with Crippen LogP contribution in [-0.4, -0.2) is 10.8 Å². The molecule has 4 rings (SSSR count). The number of para-hydroxylation sites is 1. The van der Waals surface area contributed by atoms with Gasteiger partial charge in [-0.3, -0.25) is 4.79 Å². The summed E-state index contributed by atoms with van der Waals surface area (Å²) < 4.78 is 0. The van der Waals surface area contributed by atoms with Crippen molar-refractivity contribution in [2.45, 2.75) is 0 Å². The summed E-state index contributed by atoms with van der Waals surface area (Å²) in [7, 11) is 0. The number of allylic oxidation sites excluding steroid dienone is 2. The number of benzene rings is 1. The van der Waals surface area contributed by atoms with Crippen LogP contribution in [0.4, 0.5) is 5.82 Å². The third-order valence-corrected chi connectivity index (χ3v) is 3.22. The highest BCUT2D eigenvalue weighted by Gasteiger charge is 2.13. The smallest absolute Gasteiger partial charge is 0.188 e. The van der Waals surface area contributed by atoms with Crippen LogP contribution >= 0.6 is 0 Å². The van der Waals surface area contributed by atoms with Crippen LogP contribution in [0.2, 0.25) is 0 Å². The van der Waals surface area contributed by atoms with Gasteiger partial charge in [-0.25, -0.2) is 9.98 Å². The average molecular weight is 232 g/mol. The highest BCUT2D eigenvalue weighted by molar-refractivity contribution is 6.06. The Balaban J connectivity index is 2.25. The van der Waals surface area contributed by atoms with E-state index >= 15 is 0 Å². The van der Waals surface area contributed by atoms with Gasteiger partial charge in [-0.05, 0) is 24.3 Å². The Morgan fingerprint density at radius 3 is 2.89 bits per heavy atom. The largest absolute Gasteiger partial charge is 0.289 e. The fourth-order valence-electron chi connectivity index (χ4n) is 2.35. The molecular weight excluding hydrogens is 224 g/mol. The molecule has 0 spiro atoms. The molecule has 0 atom stereocenters. The zero-order valence-electron chi connectivity index (χ0n) is 9.42. The molecule has 0 amide bonds. The van der Waals surface area contributed by atoms with E-state index in [0.29, 0.717) is 16.7 Å². The zero-order chi connectivity index (χ0) is 12.1. The van der Waals surface area contributed by atoms with Crippen molar-refractivity contribution >= 4 is 17.7 Å². The highest BCUT2D eigenvalue weighted by Crippen LogP contribution is 2.15. The minimum Gasteiger partial charge on any atom is -0.289 e. The van der Waals surface area contributed by atoms with Gasteiger partial charge < -0.3 is 0 Å². The summed E-state index contributed by atoms with van der Waals surface area (Å²) in [5, 5.41) is 3.62. The van der Waals surface area contributed by atoms with E-state index in [0.717, 1.165) is 15.8 Å². The summed E-state index contributed by atoms with van der Waals surface area (Å²) in [6.07, 6.45) is 5.14. The summed E-state index contributed by atoms with van der Waals surface area (Å²) in [6, 6.07) is 9.78. The first-order valence-electron chi connectivity index (χ1n) is 5.75. The Labute approximate surface area is 102 Å². The molecule has 18 heavy (non-hydrogen) atoms. The number of carbonyl (C=O) groups is 1. The predicted molar refractivity (Wildman–Crippen MR) is 66.7 cm³/mol. The molecule has 1 aliphatic carbocycles. The van der Waals surface area contributed by atoms with Crippen molar-refractivity contribution in [3.05, 3.63) is 69.2 Å². The van der Waals surface area contributed by atoms with Crippen molar-refractivity contribution in [3.8, 4) is 0 Å². The van der Waals surface area contributed by atoms with Gasteiger partial charge in [0.05, 0.1) is 10.7 Å². The first kappa shape index (κ1) is 9.48. The van der Waals surface area contributed by atoms with Gasteiger partial charge in [-0.2, -0.15) is 0 Å². The lowest BCUT2D eigenvalue weighted by Gasteiger charge is -2.02. The van der Waals surface area contributed by atoms with Gasteiger partial charge in [0.15, 0.2) is 11.6 Å². The Hall–Kier alpha value is -2.55. The molecule has 0 radical (unpaired) electrons. The Morgan fingerprint density at radius 1 is 1.06 bits per heavy atom. The van der Waals surface area contributed by atoms with E-state index in [9.17, 15) is 4.79 Å². The molecule has 0 unspecified atom stereocenters. The second kappa shape index (κ2) is 3.23. The molecule has 0 saturated heterocycles. The summed E-state index contributed by atoms with van der Waals surface area (Å²) >= 11 is 0. The van der Waals surface area contributed by atoms with E-state index in [1.54, 1.807) is 12.2 Å². The first-order valence-corrected chi connectivity index (χ1v) is 5.75. The van der Waals surface area contributed by atoms with Gasteiger partial charge in [0.2, 0.25) is 0 Å². The van der Waals surface area contributed by atoms with E-state index in [2.05, 4.69) is 9.98 Å². The molecule has 2 aromatic rings. The van der Waals surface area contributed by atoms with Crippen LogP contribution in [0.3, 0.4) is 0 Å². The number of fused-ring (bicyclic) bond motifs is 3. The molecule has 0 fully saturated rings. The number of rotatable bonds is 0. The molecule has 3 nitrogen and oxygen atoms in total. The maximum Gasteiger partial charge on any atom is 0.188 e. The second-order valence-electron chi connectivity index (χ2n) is 4.31. The second-order valence-corrected chi connectivity index (χ2v) is 4.31. The average Bonchev–Trinajstić information content (AvgIpc) is 2.75. The van der Waals surface area contributed by atoms with Crippen molar-refractivity contribution in [3.63, 3.8) is 0 Å². The minimum absolute atomic E-state index is 0.00665. The quantitative estimate of drug-likeness (QED) is 0.584. The topological polar surface area (TPSA) is 42.3 Å². The van der Waals surface area contributed by atoms with Crippen molar-refractivity contribution in [1.29, 1.82) is 0 Å². The van der Waals surface area contributed by atoms with Crippen LogP contribution in [0.25, 0.3) is 6.08 Å². The number of ketones is 1. The fourth-order valence-corrected chi connectivity index (χ4v) is 2.35. The minimum atomic E-state index is 0.00665. The number of pyridine rings is 1. The van der Waals surface area contributed by atoms with Gasteiger partial charge in [0.25, 0.3) is 0 Å². The molecule has 84 valence electrons. The molecule has 2 heterocycles.